The van der Waals surface area contributed by atoms with Crippen LogP contribution in [0.3, 0.4) is 0 Å². The van der Waals surface area contributed by atoms with Gasteiger partial charge in [-0.05, 0) is 12.8 Å². The number of aliphatic hydroxyl groups excluding tert-OH is 1. The molecule has 54 valence electrons. The maximum absolute atomic E-state index is 8.72. The smallest absolute Gasteiger partial charge is 0.280 e. The van der Waals surface area contributed by atoms with Crippen molar-refractivity contribution < 1.29 is 20.1 Å². The average molecular weight is 134 g/mol. The summed E-state index contributed by atoms with van der Waals surface area (Å²) in [7, 11) is 0. The molecule has 9 heavy (non-hydrogen) atoms. The number of hydrogen-bond donors (Lipinski definition) is 3. The highest BCUT2D eigenvalue weighted by molar-refractivity contribution is 4.60. The maximum Gasteiger partial charge on any atom is 0.280 e. The van der Waals surface area contributed by atoms with E-state index in [0.717, 1.165) is 0 Å². The molecule has 0 aliphatic carbocycles. The van der Waals surface area contributed by atoms with Crippen molar-refractivity contribution in [2.75, 3.05) is 0 Å². The van der Waals surface area contributed by atoms with Gasteiger partial charge in [-0.15, -0.1) is 0 Å². The topological polar surface area (TPSA) is 69.9 Å². The molecule has 1 aliphatic rings. The highest BCUT2D eigenvalue weighted by atomic mass is 16.8. The Morgan fingerprint density at radius 2 is 2.11 bits per heavy atom. The fraction of sp³-hybridized carbons (Fsp3) is 1.00. The standard InChI is InChI=1S/C5H10O4/c6-4-2-1-3-5(7,8)9-4/h4,6-8H,1-3H2. The summed E-state index contributed by atoms with van der Waals surface area (Å²) in [4.78, 5) is 0. The van der Waals surface area contributed by atoms with E-state index in [1.165, 1.54) is 0 Å². The largest absolute Gasteiger partial charge is 0.368 e. The van der Waals surface area contributed by atoms with Gasteiger partial charge in [0.25, 0.3) is 5.97 Å². The van der Waals surface area contributed by atoms with Crippen molar-refractivity contribution in [1.82, 2.24) is 0 Å². The Hall–Kier alpha value is -0.160. The van der Waals surface area contributed by atoms with Crippen molar-refractivity contribution in [2.24, 2.45) is 0 Å². The second kappa shape index (κ2) is 2.22. The Labute approximate surface area is 52.7 Å². The van der Waals surface area contributed by atoms with Gasteiger partial charge in [-0.2, -0.15) is 0 Å². The van der Waals surface area contributed by atoms with Gasteiger partial charge in [-0.1, -0.05) is 0 Å². The SMILES string of the molecule is OC1CCCC(O)(O)O1. The molecule has 1 aliphatic heterocycles. The van der Waals surface area contributed by atoms with Crippen LogP contribution in [0.15, 0.2) is 0 Å². The summed E-state index contributed by atoms with van der Waals surface area (Å²) in [6, 6.07) is 0. The number of rotatable bonds is 0. The molecule has 0 saturated carbocycles. The first kappa shape index (κ1) is 6.95. The third kappa shape index (κ3) is 1.91. The minimum Gasteiger partial charge on any atom is -0.368 e. The van der Waals surface area contributed by atoms with Crippen LogP contribution in [0, 0.1) is 0 Å². The van der Waals surface area contributed by atoms with Crippen molar-refractivity contribution in [3.63, 3.8) is 0 Å². The molecule has 1 atom stereocenters. The Morgan fingerprint density at radius 3 is 2.44 bits per heavy atom. The lowest BCUT2D eigenvalue weighted by Gasteiger charge is -2.29. The van der Waals surface area contributed by atoms with E-state index < -0.39 is 12.3 Å². The van der Waals surface area contributed by atoms with E-state index in [9.17, 15) is 0 Å². The van der Waals surface area contributed by atoms with Crippen molar-refractivity contribution in [1.29, 1.82) is 0 Å². The number of aliphatic hydroxyl groups is 3. The van der Waals surface area contributed by atoms with Gasteiger partial charge in [-0.3, -0.25) is 4.74 Å². The zero-order chi connectivity index (χ0) is 6.91. The zero-order valence-electron chi connectivity index (χ0n) is 4.95. The number of hydrogen-bond acceptors (Lipinski definition) is 4. The van der Waals surface area contributed by atoms with E-state index in [-0.39, 0.29) is 6.42 Å². The molecule has 3 N–H and O–H groups in total. The molecular formula is C5H10O4. The summed E-state index contributed by atoms with van der Waals surface area (Å²) in [6.07, 6.45) is 0.204. The van der Waals surface area contributed by atoms with Crippen LogP contribution < -0.4 is 0 Å². The third-order valence-corrected chi connectivity index (χ3v) is 1.28. The summed E-state index contributed by atoms with van der Waals surface area (Å²) >= 11 is 0. The van der Waals surface area contributed by atoms with Crippen LogP contribution in [0.5, 0.6) is 0 Å². The third-order valence-electron chi connectivity index (χ3n) is 1.28. The summed E-state index contributed by atoms with van der Waals surface area (Å²) in [6.45, 7) is 0. The predicted octanol–water partition coefficient (Wildman–Crippen LogP) is -0.856. The zero-order valence-corrected chi connectivity index (χ0v) is 4.95. The molecule has 0 aromatic carbocycles. The van der Waals surface area contributed by atoms with Gasteiger partial charge in [-0.25, -0.2) is 0 Å². The normalized spacial score (nSPS) is 34.3. The summed E-state index contributed by atoms with van der Waals surface area (Å²) in [5.74, 6) is -2.10. The molecular weight excluding hydrogens is 124 g/mol. The minimum absolute atomic E-state index is 0.171. The van der Waals surface area contributed by atoms with E-state index >= 15 is 0 Å². The Kier molecular flexibility index (Phi) is 1.72. The van der Waals surface area contributed by atoms with Crippen molar-refractivity contribution in [3.05, 3.63) is 0 Å². The van der Waals surface area contributed by atoms with Gasteiger partial charge < -0.3 is 15.3 Å². The van der Waals surface area contributed by atoms with E-state index in [4.69, 9.17) is 15.3 Å². The second-order valence-corrected chi connectivity index (χ2v) is 2.21. The fourth-order valence-corrected chi connectivity index (χ4v) is 0.843. The van der Waals surface area contributed by atoms with Gasteiger partial charge in [0, 0.05) is 6.42 Å². The van der Waals surface area contributed by atoms with E-state index in [1.54, 1.807) is 0 Å². The van der Waals surface area contributed by atoms with Gasteiger partial charge in [0.15, 0.2) is 6.29 Å². The lowest BCUT2D eigenvalue weighted by molar-refractivity contribution is -0.398. The van der Waals surface area contributed by atoms with Crippen molar-refractivity contribution in [3.8, 4) is 0 Å². The van der Waals surface area contributed by atoms with Gasteiger partial charge in [0.2, 0.25) is 0 Å². The van der Waals surface area contributed by atoms with E-state index in [1.807, 2.05) is 0 Å². The van der Waals surface area contributed by atoms with Crippen molar-refractivity contribution >= 4 is 0 Å². The van der Waals surface area contributed by atoms with Crippen LogP contribution in [0.4, 0.5) is 0 Å². The molecule has 0 aromatic rings. The first-order valence-electron chi connectivity index (χ1n) is 2.91. The molecule has 0 amide bonds. The Bertz CT molecular complexity index is 101. The summed E-state index contributed by atoms with van der Waals surface area (Å²) < 4.78 is 4.34. The predicted molar refractivity (Wildman–Crippen MR) is 28.1 cm³/mol. The second-order valence-electron chi connectivity index (χ2n) is 2.21. The van der Waals surface area contributed by atoms with Crippen LogP contribution in [0.1, 0.15) is 19.3 Å². The maximum atomic E-state index is 8.72. The summed E-state index contributed by atoms with van der Waals surface area (Å²) in [5, 5.41) is 26.1. The molecule has 0 bridgehead atoms. The highest BCUT2D eigenvalue weighted by Gasteiger charge is 2.31. The molecule has 0 radical (unpaired) electrons. The van der Waals surface area contributed by atoms with Gasteiger partial charge >= 0.3 is 0 Å². The molecule has 1 saturated heterocycles. The highest BCUT2D eigenvalue weighted by Crippen LogP contribution is 2.22. The molecule has 1 fully saturated rings. The number of ether oxygens (including phenoxy) is 1. The van der Waals surface area contributed by atoms with Gasteiger partial charge in [0.05, 0.1) is 0 Å². The summed E-state index contributed by atoms with van der Waals surface area (Å²) in [5.41, 5.74) is 0. The van der Waals surface area contributed by atoms with E-state index in [2.05, 4.69) is 4.74 Å². The quantitative estimate of drug-likeness (QED) is 0.377. The lowest BCUT2D eigenvalue weighted by atomic mass is 10.1. The monoisotopic (exact) mass is 134 g/mol. The first-order valence-corrected chi connectivity index (χ1v) is 2.91. The van der Waals surface area contributed by atoms with Crippen LogP contribution >= 0.6 is 0 Å². The lowest BCUT2D eigenvalue weighted by Crippen LogP contribution is -2.40. The average Bonchev–Trinajstić information content (AvgIpc) is 1.60. The molecule has 0 aromatic heterocycles. The molecule has 1 rings (SSSR count). The molecule has 0 spiro atoms. The van der Waals surface area contributed by atoms with Crippen LogP contribution in [0.2, 0.25) is 0 Å². The molecule has 4 nitrogen and oxygen atoms in total. The van der Waals surface area contributed by atoms with Crippen LogP contribution in [-0.4, -0.2) is 27.6 Å². The fourth-order valence-electron chi connectivity index (χ4n) is 0.843. The van der Waals surface area contributed by atoms with Crippen LogP contribution in [-0.2, 0) is 4.74 Å². The van der Waals surface area contributed by atoms with Crippen LogP contribution in [0.25, 0.3) is 0 Å². The Morgan fingerprint density at radius 1 is 1.44 bits per heavy atom. The minimum atomic E-state index is -2.10. The molecule has 1 unspecified atom stereocenters. The van der Waals surface area contributed by atoms with Gasteiger partial charge in [0.1, 0.15) is 0 Å². The molecule has 1 heterocycles. The van der Waals surface area contributed by atoms with E-state index in [0.29, 0.717) is 12.8 Å². The Balaban J connectivity index is 2.41. The molecule has 4 heteroatoms. The first-order chi connectivity index (χ1) is 4.10. The van der Waals surface area contributed by atoms with Crippen molar-refractivity contribution in [2.45, 2.75) is 31.5 Å².